The Labute approximate surface area is 76.9 Å². The molecule has 2 aromatic heterocycles. The van der Waals surface area contributed by atoms with Gasteiger partial charge in [0.05, 0.1) is 0 Å². The van der Waals surface area contributed by atoms with E-state index in [1.54, 1.807) is 0 Å². The van der Waals surface area contributed by atoms with Crippen LogP contribution in [0.3, 0.4) is 0 Å². The topological polar surface area (TPSA) is 86.5 Å². The maximum absolute atomic E-state index is 12.8. The van der Waals surface area contributed by atoms with Crippen LogP contribution in [0.5, 0.6) is 0 Å². The molecule has 0 fully saturated rings. The molecule has 0 bridgehead atoms. The highest BCUT2D eigenvalue weighted by molar-refractivity contribution is 5.65. The van der Waals surface area contributed by atoms with Crippen molar-refractivity contribution in [3.63, 3.8) is 0 Å². The number of hydrogen-bond acceptors (Lipinski definition) is 4. The molecule has 2 N–H and O–H groups in total. The average molecular weight is 196 g/mol. The molecular formula is C7H5FN4O2. The van der Waals surface area contributed by atoms with E-state index in [4.69, 9.17) is 5.73 Å². The predicted molar refractivity (Wildman–Crippen MR) is 46.2 cm³/mol. The largest absolute Gasteiger partial charge is 0.392 e. The molecular weight excluding hydrogens is 191 g/mol. The smallest absolute Gasteiger partial charge is 0.358 e. The Balaban J connectivity index is 2.85. The first kappa shape index (κ1) is 8.42. The summed E-state index contributed by atoms with van der Waals surface area (Å²) in [5.74, 6) is -1.05. The average Bonchev–Trinajstić information content (AvgIpc) is 2.43. The number of rotatable bonds is 1. The van der Waals surface area contributed by atoms with Crippen molar-refractivity contribution in [3.8, 4) is 0 Å². The van der Waals surface area contributed by atoms with E-state index in [1.807, 2.05) is 0 Å². The third-order valence-electron chi connectivity index (χ3n) is 1.79. The second kappa shape index (κ2) is 2.66. The van der Waals surface area contributed by atoms with E-state index < -0.39 is 16.6 Å². The highest BCUT2D eigenvalue weighted by atomic mass is 19.1. The maximum Gasteiger partial charge on any atom is 0.392 e. The summed E-state index contributed by atoms with van der Waals surface area (Å²) in [5.41, 5.74) is 5.44. The number of pyridine rings is 1. The van der Waals surface area contributed by atoms with Gasteiger partial charge in [-0.2, -0.15) is 0 Å². The summed E-state index contributed by atoms with van der Waals surface area (Å²) in [6.45, 7) is 0. The van der Waals surface area contributed by atoms with Crippen LogP contribution in [0.2, 0.25) is 0 Å². The Kier molecular flexibility index (Phi) is 1.60. The summed E-state index contributed by atoms with van der Waals surface area (Å²) >= 11 is 0. The molecule has 0 spiro atoms. The number of halogens is 1. The van der Waals surface area contributed by atoms with Gasteiger partial charge >= 0.3 is 11.8 Å². The Morgan fingerprint density at radius 3 is 3.00 bits per heavy atom. The summed E-state index contributed by atoms with van der Waals surface area (Å²) in [6.07, 6.45) is 1.29. The molecule has 0 aromatic carbocycles. The second-order valence-electron chi connectivity index (χ2n) is 2.65. The molecule has 7 heteroatoms. The fourth-order valence-corrected chi connectivity index (χ4v) is 1.20. The van der Waals surface area contributed by atoms with Gasteiger partial charge in [-0.3, -0.25) is 4.40 Å². The lowest BCUT2D eigenvalue weighted by Crippen LogP contribution is -1.93. The van der Waals surface area contributed by atoms with E-state index in [-0.39, 0.29) is 11.5 Å². The summed E-state index contributed by atoms with van der Waals surface area (Å²) in [5, 5.41) is 10.5. The van der Waals surface area contributed by atoms with E-state index in [9.17, 15) is 14.5 Å². The normalized spacial score (nSPS) is 10.6. The van der Waals surface area contributed by atoms with Crippen molar-refractivity contribution >= 4 is 17.3 Å². The van der Waals surface area contributed by atoms with Gasteiger partial charge in [0.15, 0.2) is 5.52 Å². The number of nitrogens with zero attached hydrogens (tertiary/aromatic N) is 3. The maximum atomic E-state index is 12.8. The van der Waals surface area contributed by atoms with Crippen LogP contribution in [0.25, 0.3) is 5.52 Å². The van der Waals surface area contributed by atoms with Crippen LogP contribution in [0.15, 0.2) is 18.3 Å². The molecule has 72 valence electrons. The number of nitrogen functional groups attached to an aromatic ring is 1. The molecule has 2 aromatic rings. The van der Waals surface area contributed by atoms with Gasteiger partial charge < -0.3 is 15.8 Å². The van der Waals surface area contributed by atoms with E-state index in [1.165, 1.54) is 10.6 Å². The fourth-order valence-electron chi connectivity index (χ4n) is 1.20. The zero-order chi connectivity index (χ0) is 10.3. The first-order chi connectivity index (χ1) is 6.59. The van der Waals surface area contributed by atoms with Crippen molar-refractivity contribution in [3.05, 3.63) is 34.3 Å². The Bertz CT molecular complexity index is 522. The van der Waals surface area contributed by atoms with Crippen molar-refractivity contribution in [2.24, 2.45) is 0 Å². The second-order valence-corrected chi connectivity index (χ2v) is 2.65. The Morgan fingerprint density at radius 2 is 2.36 bits per heavy atom. The van der Waals surface area contributed by atoms with E-state index in [2.05, 4.69) is 4.98 Å². The van der Waals surface area contributed by atoms with Crippen molar-refractivity contribution in [1.29, 1.82) is 0 Å². The minimum atomic E-state index is -0.703. The SMILES string of the molecule is Nc1nc([N+](=O)[O-])c2cc(F)ccn12. The van der Waals surface area contributed by atoms with Crippen molar-refractivity contribution in [1.82, 2.24) is 9.38 Å². The highest BCUT2D eigenvalue weighted by Crippen LogP contribution is 2.21. The molecule has 0 amide bonds. The number of imidazole rings is 1. The summed E-state index contributed by atoms with van der Waals surface area (Å²) < 4.78 is 14.0. The molecule has 14 heavy (non-hydrogen) atoms. The fraction of sp³-hybridized carbons (Fsp3) is 0. The van der Waals surface area contributed by atoms with Gasteiger partial charge in [0.2, 0.25) is 0 Å². The zero-order valence-corrected chi connectivity index (χ0v) is 6.85. The van der Waals surface area contributed by atoms with E-state index in [0.29, 0.717) is 0 Å². The highest BCUT2D eigenvalue weighted by Gasteiger charge is 2.20. The minimum Gasteiger partial charge on any atom is -0.358 e. The summed E-state index contributed by atoms with van der Waals surface area (Å²) in [6, 6.07) is 2.16. The molecule has 0 aliphatic rings. The summed E-state index contributed by atoms with van der Waals surface area (Å²) in [4.78, 5) is 13.3. The van der Waals surface area contributed by atoms with Crippen molar-refractivity contribution in [2.75, 3.05) is 5.73 Å². The van der Waals surface area contributed by atoms with Crippen LogP contribution < -0.4 is 5.73 Å². The third kappa shape index (κ3) is 1.06. The molecule has 0 saturated heterocycles. The number of aromatic nitrogens is 2. The number of nitro groups is 1. The van der Waals surface area contributed by atoms with Gasteiger partial charge in [-0.05, 0) is 11.0 Å². The van der Waals surface area contributed by atoms with E-state index in [0.717, 1.165) is 12.1 Å². The van der Waals surface area contributed by atoms with Gasteiger partial charge in [0, 0.05) is 17.2 Å². The lowest BCUT2D eigenvalue weighted by atomic mass is 10.4. The molecule has 2 heterocycles. The Morgan fingerprint density at radius 1 is 1.64 bits per heavy atom. The lowest BCUT2D eigenvalue weighted by Gasteiger charge is -1.92. The molecule has 0 saturated carbocycles. The molecule has 0 aliphatic heterocycles. The van der Waals surface area contributed by atoms with Crippen LogP contribution in [0, 0.1) is 15.9 Å². The minimum absolute atomic E-state index is 0.0355. The molecule has 0 radical (unpaired) electrons. The third-order valence-corrected chi connectivity index (χ3v) is 1.79. The van der Waals surface area contributed by atoms with Crippen LogP contribution >= 0.6 is 0 Å². The number of hydrogen-bond donors (Lipinski definition) is 1. The van der Waals surface area contributed by atoms with Gasteiger partial charge in [0.1, 0.15) is 5.82 Å². The lowest BCUT2D eigenvalue weighted by molar-refractivity contribution is -0.387. The standard InChI is InChI=1S/C7H5FN4O2/c8-4-1-2-11-5(3-4)6(12(13)14)10-7(11)9/h1-3H,(H2,9,10). The van der Waals surface area contributed by atoms with Gasteiger partial charge in [-0.15, -0.1) is 0 Å². The molecule has 2 rings (SSSR count). The van der Waals surface area contributed by atoms with Crippen LogP contribution in [-0.2, 0) is 0 Å². The number of anilines is 1. The van der Waals surface area contributed by atoms with Crippen LogP contribution in [0.1, 0.15) is 0 Å². The van der Waals surface area contributed by atoms with E-state index >= 15 is 0 Å². The van der Waals surface area contributed by atoms with Gasteiger partial charge in [0.25, 0.3) is 0 Å². The molecule has 6 nitrogen and oxygen atoms in total. The zero-order valence-electron chi connectivity index (χ0n) is 6.85. The van der Waals surface area contributed by atoms with Crippen molar-refractivity contribution in [2.45, 2.75) is 0 Å². The molecule has 0 atom stereocenters. The van der Waals surface area contributed by atoms with Crippen LogP contribution in [0.4, 0.5) is 16.2 Å². The first-order valence-electron chi connectivity index (χ1n) is 3.67. The van der Waals surface area contributed by atoms with Gasteiger partial charge in [-0.25, -0.2) is 4.39 Å². The van der Waals surface area contributed by atoms with Crippen molar-refractivity contribution < 1.29 is 9.31 Å². The predicted octanol–water partition coefficient (Wildman–Crippen LogP) is 0.964. The monoisotopic (exact) mass is 196 g/mol. The molecule has 0 unspecified atom stereocenters. The Hall–Kier alpha value is -2.18. The summed E-state index contributed by atoms with van der Waals surface area (Å²) in [7, 11) is 0. The number of fused-ring (bicyclic) bond motifs is 1. The molecule has 0 aliphatic carbocycles. The quantitative estimate of drug-likeness (QED) is 0.543. The number of nitrogens with two attached hydrogens (primary N) is 1. The van der Waals surface area contributed by atoms with Gasteiger partial charge in [-0.1, -0.05) is 0 Å². The first-order valence-corrected chi connectivity index (χ1v) is 3.67. The van der Waals surface area contributed by atoms with Crippen LogP contribution in [-0.4, -0.2) is 14.3 Å².